The minimum Gasteiger partial charge on any atom is -0.495 e. The molecule has 0 aromatic heterocycles. The van der Waals surface area contributed by atoms with Crippen molar-refractivity contribution in [3.63, 3.8) is 0 Å². The maximum atomic E-state index is 12.8. The molecule has 0 bridgehead atoms. The molecule has 2 aromatic carbocycles. The number of anilines is 2. The number of methoxy groups -OCH3 is 1. The lowest BCUT2D eigenvalue weighted by Gasteiger charge is -2.29. The molecule has 1 amide bonds. The molecule has 29 heavy (non-hydrogen) atoms. The molecule has 2 rings (SSSR count). The number of amides is 1. The number of ether oxygens (including phenoxy) is 1. The van der Waals surface area contributed by atoms with Gasteiger partial charge in [-0.2, -0.15) is 0 Å². The summed E-state index contributed by atoms with van der Waals surface area (Å²) in [4.78, 5) is 23.3. The standard InChI is InChI=1S/C18H20ClN3O6S/c1-11-5-7-14(22(24)25)10-16(11)21(29(4,26)27)12(2)18(23)20-15-9-13(19)6-8-17(15)28-3/h5-10,12H,1-4H3,(H,20,23)/t12-/m1/s1. The minimum absolute atomic E-state index is 0.0439. The molecule has 11 heteroatoms. The first kappa shape index (κ1) is 22.4. The second-order valence-electron chi connectivity index (χ2n) is 6.30. The summed E-state index contributed by atoms with van der Waals surface area (Å²) in [5.41, 5.74) is 0.479. The summed E-state index contributed by atoms with van der Waals surface area (Å²) in [7, 11) is -2.54. The van der Waals surface area contributed by atoms with Crippen molar-refractivity contribution in [2.75, 3.05) is 23.0 Å². The van der Waals surface area contributed by atoms with Gasteiger partial charge in [0.1, 0.15) is 11.8 Å². The highest BCUT2D eigenvalue weighted by Gasteiger charge is 2.31. The maximum Gasteiger partial charge on any atom is 0.271 e. The van der Waals surface area contributed by atoms with E-state index in [9.17, 15) is 23.3 Å². The molecule has 0 aliphatic rings. The Morgan fingerprint density at radius 2 is 1.93 bits per heavy atom. The molecule has 156 valence electrons. The minimum atomic E-state index is -3.95. The van der Waals surface area contributed by atoms with E-state index in [-0.39, 0.29) is 17.1 Å². The molecule has 0 fully saturated rings. The summed E-state index contributed by atoms with van der Waals surface area (Å²) in [6.45, 7) is 2.98. The Labute approximate surface area is 173 Å². The van der Waals surface area contributed by atoms with Crippen molar-refractivity contribution in [3.8, 4) is 5.75 Å². The van der Waals surface area contributed by atoms with Gasteiger partial charge in [0.25, 0.3) is 5.69 Å². The topological polar surface area (TPSA) is 119 Å². The Hall–Kier alpha value is -2.85. The molecule has 1 N–H and O–H groups in total. The summed E-state index contributed by atoms with van der Waals surface area (Å²) in [5, 5.41) is 14.1. The Morgan fingerprint density at radius 1 is 1.28 bits per heavy atom. The zero-order chi connectivity index (χ0) is 21.9. The molecule has 2 aromatic rings. The second-order valence-corrected chi connectivity index (χ2v) is 8.59. The number of rotatable bonds is 7. The van der Waals surface area contributed by atoms with Gasteiger partial charge in [-0.1, -0.05) is 17.7 Å². The van der Waals surface area contributed by atoms with E-state index in [2.05, 4.69) is 5.32 Å². The van der Waals surface area contributed by atoms with E-state index in [1.54, 1.807) is 19.1 Å². The van der Waals surface area contributed by atoms with E-state index < -0.39 is 26.9 Å². The van der Waals surface area contributed by atoms with E-state index in [1.807, 2.05) is 0 Å². The number of hydrogen-bond acceptors (Lipinski definition) is 6. The first-order valence-electron chi connectivity index (χ1n) is 8.34. The number of benzene rings is 2. The van der Waals surface area contributed by atoms with E-state index in [0.717, 1.165) is 16.6 Å². The first-order chi connectivity index (χ1) is 13.5. The summed E-state index contributed by atoms with van der Waals surface area (Å²) in [6, 6.07) is 7.21. The molecule has 0 aliphatic carbocycles. The van der Waals surface area contributed by atoms with E-state index >= 15 is 0 Å². The van der Waals surface area contributed by atoms with Crippen LogP contribution >= 0.6 is 11.6 Å². The predicted molar refractivity (Wildman–Crippen MR) is 111 cm³/mol. The number of carbonyl (C=O) groups is 1. The smallest absolute Gasteiger partial charge is 0.271 e. The van der Waals surface area contributed by atoms with Gasteiger partial charge in [0, 0.05) is 17.2 Å². The van der Waals surface area contributed by atoms with Gasteiger partial charge in [-0.05, 0) is 37.6 Å². The Kier molecular flexibility index (Phi) is 6.70. The lowest BCUT2D eigenvalue weighted by atomic mass is 10.1. The van der Waals surface area contributed by atoms with Gasteiger partial charge in [-0.25, -0.2) is 8.42 Å². The van der Waals surface area contributed by atoms with Crippen molar-refractivity contribution in [2.24, 2.45) is 0 Å². The van der Waals surface area contributed by atoms with Crippen LogP contribution in [0.4, 0.5) is 17.1 Å². The van der Waals surface area contributed by atoms with Crippen LogP contribution in [0.1, 0.15) is 12.5 Å². The molecule has 0 heterocycles. The Bertz CT molecular complexity index is 1060. The van der Waals surface area contributed by atoms with Crippen LogP contribution in [0.3, 0.4) is 0 Å². The molecule has 0 aliphatic heterocycles. The number of nitro benzene ring substituents is 1. The Morgan fingerprint density at radius 3 is 2.48 bits per heavy atom. The zero-order valence-corrected chi connectivity index (χ0v) is 17.7. The van der Waals surface area contributed by atoms with Crippen molar-refractivity contribution < 1.29 is 22.9 Å². The Balaban J connectivity index is 2.47. The van der Waals surface area contributed by atoms with Crippen molar-refractivity contribution in [1.82, 2.24) is 0 Å². The molecular weight excluding hydrogens is 422 g/mol. The number of nitrogens with one attached hydrogen (secondary N) is 1. The molecule has 0 radical (unpaired) electrons. The highest BCUT2D eigenvalue weighted by molar-refractivity contribution is 7.92. The van der Waals surface area contributed by atoms with Crippen molar-refractivity contribution in [3.05, 3.63) is 57.1 Å². The SMILES string of the molecule is COc1ccc(Cl)cc1NC(=O)[C@@H](C)N(c1cc([N+](=O)[O-])ccc1C)S(C)(=O)=O. The fourth-order valence-corrected chi connectivity index (χ4v) is 4.14. The van der Waals surface area contributed by atoms with Crippen LogP contribution in [0.5, 0.6) is 5.75 Å². The van der Waals surface area contributed by atoms with E-state index in [0.29, 0.717) is 16.3 Å². The van der Waals surface area contributed by atoms with Crippen LogP contribution in [0.2, 0.25) is 5.02 Å². The number of carbonyl (C=O) groups excluding carboxylic acids is 1. The zero-order valence-electron chi connectivity index (χ0n) is 16.2. The van der Waals surface area contributed by atoms with Gasteiger partial charge in [-0.3, -0.25) is 19.2 Å². The van der Waals surface area contributed by atoms with E-state index in [4.69, 9.17) is 16.3 Å². The van der Waals surface area contributed by atoms with Gasteiger partial charge in [0.2, 0.25) is 15.9 Å². The summed E-state index contributed by atoms with van der Waals surface area (Å²) in [6.07, 6.45) is 0.926. The number of nitrogens with zero attached hydrogens (tertiary/aromatic N) is 2. The average Bonchev–Trinajstić information content (AvgIpc) is 2.62. The summed E-state index contributed by atoms with van der Waals surface area (Å²) < 4.78 is 31.0. The van der Waals surface area contributed by atoms with Gasteiger partial charge in [-0.15, -0.1) is 0 Å². The van der Waals surface area contributed by atoms with Crippen LogP contribution in [0.25, 0.3) is 0 Å². The van der Waals surface area contributed by atoms with Crippen LogP contribution < -0.4 is 14.4 Å². The molecule has 0 spiro atoms. The van der Waals surface area contributed by atoms with Crippen LogP contribution in [0.15, 0.2) is 36.4 Å². The number of nitro groups is 1. The average molecular weight is 442 g/mol. The third-order valence-corrected chi connectivity index (χ3v) is 5.61. The second kappa shape index (κ2) is 8.66. The maximum absolute atomic E-state index is 12.8. The van der Waals surface area contributed by atoms with Crippen molar-refractivity contribution in [1.29, 1.82) is 0 Å². The molecule has 1 atom stereocenters. The number of aryl methyl sites for hydroxylation is 1. The van der Waals surface area contributed by atoms with Gasteiger partial charge < -0.3 is 10.1 Å². The molecule has 0 saturated heterocycles. The summed E-state index contributed by atoms with van der Waals surface area (Å²) >= 11 is 5.96. The number of sulfonamides is 1. The largest absolute Gasteiger partial charge is 0.495 e. The lowest BCUT2D eigenvalue weighted by Crippen LogP contribution is -2.45. The van der Waals surface area contributed by atoms with Crippen molar-refractivity contribution in [2.45, 2.75) is 19.9 Å². The monoisotopic (exact) mass is 441 g/mol. The first-order valence-corrected chi connectivity index (χ1v) is 10.6. The van der Waals surface area contributed by atoms with Gasteiger partial charge in [0.15, 0.2) is 0 Å². The van der Waals surface area contributed by atoms with Gasteiger partial charge >= 0.3 is 0 Å². The molecular formula is C18H20ClN3O6S. The quantitative estimate of drug-likeness (QED) is 0.519. The normalized spacial score (nSPS) is 12.2. The number of hydrogen-bond donors (Lipinski definition) is 1. The summed E-state index contributed by atoms with van der Waals surface area (Å²) in [5.74, 6) is -0.325. The van der Waals surface area contributed by atoms with Crippen LogP contribution in [0, 0.1) is 17.0 Å². The predicted octanol–water partition coefficient (Wildman–Crippen LogP) is 3.36. The fourth-order valence-electron chi connectivity index (χ4n) is 2.74. The van der Waals surface area contributed by atoms with Gasteiger partial charge in [0.05, 0.1) is 29.7 Å². The third-order valence-electron chi connectivity index (χ3n) is 4.15. The van der Waals surface area contributed by atoms with E-state index in [1.165, 1.54) is 32.2 Å². The fraction of sp³-hybridized carbons (Fsp3) is 0.278. The number of non-ortho nitro benzene ring substituents is 1. The molecule has 0 saturated carbocycles. The van der Waals surface area contributed by atoms with Crippen LogP contribution in [-0.4, -0.2) is 38.7 Å². The molecule has 0 unspecified atom stereocenters. The van der Waals surface area contributed by atoms with Crippen molar-refractivity contribution >= 4 is 44.6 Å². The highest BCUT2D eigenvalue weighted by atomic mass is 35.5. The molecule has 9 nitrogen and oxygen atoms in total. The third kappa shape index (κ3) is 5.15. The number of halogens is 1. The van der Waals surface area contributed by atoms with Crippen LogP contribution in [-0.2, 0) is 14.8 Å². The highest BCUT2D eigenvalue weighted by Crippen LogP contribution is 2.31. The lowest BCUT2D eigenvalue weighted by molar-refractivity contribution is -0.384.